The minimum atomic E-state index is 0.679. The summed E-state index contributed by atoms with van der Waals surface area (Å²) in [6, 6.07) is 0.679. The molecule has 0 aromatic heterocycles. The predicted octanol–water partition coefficient (Wildman–Crippen LogP) is 1.59. The number of hydrogen-bond acceptors (Lipinski definition) is 3. The third-order valence-electron chi connectivity index (χ3n) is 2.72. The van der Waals surface area contributed by atoms with E-state index >= 15 is 0 Å². The van der Waals surface area contributed by atoms with Gasteiger partial charge < -0.3 is 5.32 Å². The van der Waals surface area contributed by atoms with Gasteiger partial charge in [0.2, 0.25) is 0 Å². The van der Waals surface area contributed by atoms with Gasteiger partial charge in [-0.3, -0.25) is 0 Å². The first-order valence-corrected chi connectivity index (χ1v) is 6.91. The van der Waals surface area contributed by atoms with Gasteiger partial charge in [-0.15, -0.1) is 6.42 Å². The van der Waals surface area contributed by atoms with E-state index in [1.807, 2.05) is 0 Å². The molecule has 1 aliphatic carbocycles. The van der Waals surface area contributed by atoms with Gasteiger partial charge in [-0.25, -0.2) is 0 Å². The van der Waals surface area contributed by atoms with Crippen molar-refractivity contribution in [1.82, 2.24) is 5.32 Å². The van der Waals surface area contributed by atoms with Crippen LogP contribution in [0.1, 0.15) is 12.8 Å². The van der Waals surface area contributed by atoms with Crippen molar-refractivity contribution < 1.29 is 0 Å². The van der Waals surface area contributed by atoms with Crippen LogP contribution >= 0.6 is 23.5 Å². The molecule has 0 aromatic carbocycles. The molecule has 1 N–H and O–H groups in total. The number of thioether (sulfide) groups is 2. The lowest BCUT2D eigenvalue weighted by Gasteiger charge is -2.28. The van der Waals surface area contributed by atoms with E-state index in [1.54, 1.807) is 0 Å². The molecular formula is C10H15NS2. The van der Waals surface area contributed by atoms with E-state index in [9.17, 15) is 0 Å². The van der Waals surface area contributed by atoms with Crippen LogP contribution in [-0.2, 0) is 0 Å². The lowest BCUT2D eigenvalue weighted by molar-refractivity contribution is 0.570. The van der Waals surface area contributed by atoms with Crippen LogP contribution in [0.5, 0.6) is 0 Å². The second-order valence-electron chi connectivity index (χ2n) is 3.51. The largest absolute Gasteiger partial charge is 0.302 e. The molecule has 1 saturated carbocycles. The average molecular weight is 213 g/mol. The third kappa shape index (κ3) is 2.18. The van der Waals surface area contributed by atoms with Crippen LogP contribution in [0.2, 0.25) is 0 Å². The van der Waals surface area contributed by atoms with Crippen LogP contribution in [0.25, 0.3) is 0 Å². The summed E-state index contributed by atoms with van der Waals surface area (Å²) >= 11 is 4.30. The quantitative estimate of drug-likeness (QED) is 0.700. The summed E-state index contributed by atoms with van der Waals surface area (Å²) in [5, 5.41) is 5.18. The van der Waals surface area contributed by atoms with E-state index < -0.39 is 0 Å². The fraction of sp³-hybridized carbons (Fsp3) is 0.800. The van der Waals surface area contributed by atoms with Gasteiger partial charge in [0.25, 0.3) is 0 Å². The predicted molar refractivity (Wildman–Crippen MR) is 62.3 cm³/mol. The van der Waals surface area contributed by atoms with Crippen LogP contribution in [0.3, 0.4) is 0 Å². The zero-order valence-corrected chi connectivity index (χ0v) is 9.29. The molecule has 3 unspecified atom stereocenters. The van der Waals surface area contributed by atoms with Gasteiger partial charge in [-0.05, 0) is 12.8 Å². The highest BCUT2D eigenvalue weighted by Gasteiger charge is 2.38. The molecule has 1 aliphatic heterocycles. The Hall–Kier alpha value is 0.220. The number of terminal acetylenes is 1. The van der Waals surface area contributed by atoms with E-state index in [0.29, 0.717) is 6.04 Å². The van der Waals surface area contributed by atoms with Gasteiger partial charge in [-0.1, -0.05) is 5.92 Å². The Morgan fingerprint density at radius 3 is 3.00 bits per heavy atom. The Balaban J connectivity index is 1.88. The maximum Gasteiger partial charge on any atom is 0.0576 e. The smallest absolute Gasteiger partial charge is 0.0576 e. The molecule has 2 aliphatic rings. The summed E-state index contributed by atoms with van der Waals surface area (Å²) in [7, 11) is 0. The molecule has 1 saturated heterocycles. The van der Waals surface area contributed by atoms with Crippen molar-refractivity contribution in [2.45, 2.75) is 29.4 Å². The monoisotopic (exact) mass is 213 g/mol. The molecule has 13 heavy (non-hydrogen) atoms. The third-order valence-corrected chi connectivity index (χ3v) is 6.03. The highest BCUT2D eigenvalue weighted by Crippen LogP contribution is 2.41. The van der Waals surface area contributed by atoms with Gasteiger partial charge in [0.1, 0.15) is 0 Å². The Kier molecular flexibility index (Phi) is 3.48. The molecule has 2 fully saturated rings. The van der Waals surface area contributed by atoms with Crippen molar-refractivity contribution in [2.75, 3.05) is 18.1 Å². The molecular weight excluding hydrogens is 198 g/mol. The number of fused-ring (bicyclic) bond motifs is 1. The second-order valence-corrected chi connectivity index (χ2v) is 6.15. The molecule has 0 amide bonds. The highest BCUT2D eigenvalue weighted by molar-refractivity contribution is 8.07. The fourth-order valence-electron chi connectivity index (χ4n) is 2.13. The van der Waals surface area contributed by atoms with Crippen molar-refractivity contribution in [3.8, 4) is 12.3 Å². The topological polar surface area (TPSA) is 12.0 Å². The summed E-state index contributed by atoms with van der Waals surface area (Å²) < 4.78 is 0. The summed E-state index contributed by atoms with van der Waals surface area (Å²) in [5.41, 5.74) is 0. The minimum absolute atomic E-state index is 0.679. The van der Waals surface area contributed by atoms with E-state index in [2.05, 4.69) is 34.8 Å². The average Bonchev–Trinajstić information content (AvgIpc) is 2.58. The van der Waals surface area contributed by atoms with Gasteiger partial charge in [0, 0.05) is 28.0 Å². The first-order chi connectivity index (χ1) is 6.42. The lowest BCUT2D eigenvalue weighted by Crippen LogP contribution is -2.39. The molecule has 1 heterocycles. The maximum atomic E-state index is 5.25. The molecule has 0 spiro atoms. The zero-order valence-electron chi connectivity index (χ0n) is 7.66. The molecule has 3 heteroatoms. The van der Waals surface area contributed by atoms with E-state index in [0.717, 1.165) is 17.0 Å². The summed E-state index contributed by atoms with van der Waals surface area (Å²) in [4.78, 5) is 0. The first-order valence-electron chi connectivity index (χ1n) is 4.82. The number of nitrogens with one attached hydrogen (secondary N) is 1. The Morgan fingerprint density at radius 2 is 2.15 bits per heavy atom. The van der Waals surface area contributed by atoms with E-state index in [-0.39, 0.29) is 0 Å². The molecule has 1 nitrogen and oxygen atoms in total. The molecule has 2 rings (SSSR count). The normalized spacial score (nSPS) is 38.2. The van der Waals surface area contributed by atoms with E-state index in [1.165, 1.54) is 24.3 Å². The van der Waals surface area contributed by atoms with Crippen LogP contribution < -0.4 is 5.32 Å². The van der Waals surface area contributed by atoms with Crippen LogP contribution in [-0.4, -0.2) is 34.6 Å². The number of rotatable bonds is 2. The summed E-state index contributed by atoms with van der Waals surface area (Å²) in [6.07, 6.45) is 7.95. The standard InChI is InChI=1S/C10H15NS2/c1-2-5-11-8-3-4-9-10(8)13-7-6-12-9/h1,8-11H,3-7H2. The fourth-order valence-corrected chi connectivity index (χ4v) is 5.44. The Morgan fingerprint density at radius 1 is 1.31 bits per heavy atom. The summed E-state index contributed by atoms with van der Waals surface area (Å²) in [6.45, 7) is 0.735. The maximum absolute atomic E-state index is 5.25. The van der Waals surface area contributed by atoms with Crippen molar-refractivity contribution in [3.05, 3.63) is 0 Å². The van der Waals surface area contributed by atoms with Crippen molar-refractivity contribution in [2.24, 2.45) is 0 Å². The molecule has 0 aromatic rings. The minimum Gasteiger partial charge on any atom is -0.302 e. The second kappa shape index (κ2) is 4.63. The Labute approximate surface area is 88.8 Å². The van der Waals surface area contributed by atoms with Gasteiger partial charge >= 0.3 is 0 Å². The van der Waals surface area contributed by atoms with Crippen molar-refractivity contribution in [1.29, 1.82) is 0 Å². The molecule has 0 radical (unpaired) electrons. The van der Waals surface area contributed by atoms with Gasteiger partial charge in [-0.2, -0.15) is 23.5 Å². The SMILES string of the molecule is C#CCNC1CCC2SCCSC12. The molecule has 72 valence electrons. The number of hydrogen-bond donors (Lipinski definition) is 1. The van der Waals surface area contributed by atoms with E-state index in [4.69, 9.17) is 6.42 Å². The van der Waals surface area contributed by atoms with Crippen LogP contribution in [0.4, 0.5) is 0 Å². The van der Waals surface area contributed by atoms with Crippen LogP contribution in [0.15, 0.2) is 0 Å². The van der Waals surface area contributed by atoms with Crippen molar-refractivity contribution >= 4 is 23.5 Å². The summed E-state index contributed by atoms with van der Waals surface area (Å²) in [5.74, 6) is 5.32. The van der Waals surface area contributed by atoms with Gasteiger partial charge in [0.05, 0.1) is 6.54 Å². The van der Waals surface area contributed by atoms with Gasteiger partial charge in [0.15, 0.2) is 0 Å². The molecule has 0 bridgehead atoms. The van der Waals surface area contributed by atoms with Crippen LogP contribution in [0, 0.1) is 12.3 Å². The molecule has 3 atom stereocenters. The highest BCUT2D eigenvalue weighted by atomic mass is 32.2. The lowest BCUT2D eigenvalue weighted by atomic mass is 10.2. The zero-order chi connectivity index (χ0) is 9.10. The first kappa shape index (κ1) is 9.76. The van der Waals surface area contributed by atoms with Crippen molar-refractivity contribution in [3.63, 3.8) is 0 Å². The Bertz CT molecular complexity index is 211.